The standard InChI is InChI=1S/C22H16N2O3S/c23-14-17-6-10-20(11-7-17)22(21-12-8-18(15-24)9-13-21)27-28(25,26)16-19-4-2-1-3-5-19/h1-13,22H,16H2. The highest BCUT2D eigenvalue weighted by atomic mass is 32.2. The smallest absolute Gasteiger partial charge is 0.257 e. The van der Waals surface area contributed by atoms with Crippen LogP contribution in [0.1, 0.15) is 33.9 Å². The summed E-state index contributed by atoms with van der Waals surface area (Å²) in [4.78, 5) is 0. The van der Waals surface area contributed by atoms with Gasteiger partial charge in [0.05, 0.1) is 23.3 Å². The number of nitriles is 2. The van der Waals surface area contributed by atoms with Crippen LogP contribution in [0.4, 0.5) is 0 Å². The Hall–Kier alpha value is -3.45. The molecule has 0 heterocycles. The first kappa shape index (κ1) is 19.3. The summed E-state index contributed by atoms with van der Waals surface area (Å²) in [6.45, 7) is 0. The van der Waals surface area contributed by atoms with E-state index in [-0.39, 0.29) is 5.75 Å². The minimum Gasteiger partial charge on any atom is -0.257 e. The van der Waals surface area contributed by atoms with Gasteiger partial charge in [0.2, 0.25) is 0 Å². The highest BCUT2D eigenvalue weighted by Gasteiger charge is 2.23. The molecular weight excluding hydrogens is 372 g/mol. The minimum atomic E-state index is -3.89. The number of benzene rings is 3. The third-order valence-corrected chi connectivity index (χ3v) is 5.29. The van der Waals surface area contributed by atoms with E-state index in [4.69, 9.17) is 14.7 Å². The maximum Gasteiger partial charge on any atom is 0.272 e. The van der Waals surface area contributed by atoms with Crippen molar-refractivity contribution in [1.82, 2.24) is 0 Å². The Labute approximate surface area is 164 Å². The Morgan fingerprint density at radius 3 is 1.64 bits per heavy atom. The van der Waals surface area contributed by atoms with Crippen molar-refractivity contribution in [1.29, 1.82) is 10.5 Å². The number of hydrogen-bond acceptors (Lipinski definition) is 5. The number of nitrogens with zero attached hydrogens (tertiary/aromatic N) is 2. The van der Waals surface area contributed by atoms with Gasteiger partial charge in [-0.3, -0.25) is 4.18 Å². The maximum atomic E-state index is 12.7. The second kappa shape index (κ2) is 8.49. The van der Waals surface area contributed by atoms with Crippen LogP contribution in [-0.2, 0) is 20.1 Å². The summed E-state index contributed by atoms with van der Waals surface area (Å²) in [5.74, 6) is -0.253. The lowest BCUT2D eigenvalue weighted by atomic mass is 10.00. The molecule has 0 radical (unpaired) electrons. The second-order valence-electron chi connectivity index (χ2n) is 6.13. The third kappa shape index (κ3) is 4.83. The molecule has 0 amide bonds. The summed E-state index contributed by atoms with van der Waals surface area (Å²) in [5.41, 5.74) is 2.76. The van der Waals surface area contributed by atoms with Crippen molar-refractivity contribution < 1.29 is 12.6 Å². The molecule has 3 rings (SSSR count). The summed E-state index contributed by atoms with van der Waals surface area (Å²) < 4.78 is 30.9. The summed E-state index contributed by atoms with van der Waals surface area (Å²) in [5, 5.41) is 18.0. The zero-order valence-electron chi connectivity index (χ0n) is 14.8. The van der Waals surface area contributed by atoms with Crippen LogP contribution < -0.4 is 0 Å². The molecule has 138 valence electrons. The van der Waals surface area contributed by atoms with Gasteiger partial charge in [-0.1, -0.05) is 54.6 Å². The van der Waals surface area contributed by atoms with Gasteiger partial charge in [-0.25, -0.2) is 0 Å². The van der Waals surface area contributed by atoms with Gasteiger partial charge in [0, 0.05) is 0 Å². The molecule has 0 saturated heterocycles. The van der Waals surface area contributed by atoms with E-state index < -0.39 is 16.2 Å². The molecule has 0 bridgehead atoms. The summed E-state index contributed by atoms with van der Waals surface area (Å²) in [6.07, 6.45) is -0.880. The lowest BCUT2D eigenvalue weighted by Crippen LogP contribution is -2.15. The topological polar surface area (TPSA) is 90.9 Å². The quantitative estimate of drug-likeness (QED) is 0.594. The molecule has 0 aliphatic heterocycles. The predicted octanol–water partition coefficient (Wildman–Crippen LogP) is 4.07. The SMILES string of the molecule is N#Cc1ccc(C(OS(=O)(=O)Cc2ccccc2)c2ccc(C#N)cc2)cc1. The average molecular weight is 388 g/mol. The van der Waals surface area contributed by atoms with E-state index >= 15 is 0 Å². The van der Waals surface area contributed by atoms with Crippen LogP contribution in [-0.4, -0.2) is 8.42 Å². The van der Waals surface area contributed by atoms with Crippen LogP contribution in [0.5, 0.6) is 0 Å². The van der Waals surface area contributed by atoms with Gasteiger partial charge in [-0.15, -0.1) is 0 Å². The van der Waals surface area contributed by atoms with E-state index in [9.17, 15) is 8.42 Å². The molecule has 6 heteroatoms. The number of hydrogen-bond donors (Lipinski definition) is 0. The lowest BCUT2D eigenvalue weighted by Gasteiger charge is -2.19. The van der Waals surface area contributed by atoms with Gasteiger partial charge in [0.25, 0.3) is 10.1 Å². The summed E-state index contributed by atoms with van der Waals surface area (Å²) in [6, 6.07) is 26.0. The zero-order valence-corrected chi connectivity index (χ0v) is 15.6. The summed E-state index contributed by atoms with van der Waals surface area (Å²) >= 11 is 0. The lowest BCUT2D eigenvalue weighted by molar-refractivity contribution is 0.253. The molecule has 0 unspecified atom stereocenters. The fraction of sp³-hybridized carbons (Fsp3) is 0.0909. The molecule has 3 aromatic carbocycles. The molecule has 0 spiro atoms. The fourth-order valence-corrected chi connectivity index (χ4v) is 3.91. The molecule has 28 heavy (non-hydrogen) atoms. The van der Waals surface area contributed by atoms with Gasteiger partial charge in [-0.2, -0.15) is 18.9 Å². The monoisotopic (exact) mass is 388 g/mol. The van der Waals surface area contributed by atoms with Crippen LogP contribution in [0, 0.1) is 22.7 Å². The molecule has 0 aliphatic rings. The molecular formula is C22H16N2O3S. The van der Waals surface area contributed by atoms with Crippen LogP contribution in [0.15, 0.2) is 78.9 Å². The Bertz CT molecular complexity index is 1070. The van der Waals surface area contributed by atoms with Gasteiger partial charge in [0.15, 0.2) is 0 Å². The normalized spacial score (nSPS) is 11.0. The van der Waals surface area contributed by atoms with E-state index in [1.165, 1.54) is 0 Å². The van der Waals surface area contributed by atoms with Gasteiger partial charge in [0.1, 0.15) is 11.9 Å². The van der Waals surface area contributed by atoms with Crippen LogP contribution in [0.25, 0.3) is 0 Å². The van der Waals surface area contributed by atoms with Crippen molar-refractivity contribution in [3.8, 4) is 12.1 Å². The van der Waals surface area contributed by atoms with E-state index in [2.05, 4.69) is 0 Å². The van der Waals surface area contributed by atoms with Crippen LogP contribution in [0.2, 0.25) is 0 Å². The van der Waals surface area contributed by atoms with Crippen molar-refractivity contribution >= 4 is 10.1 Å². The molecule has 0 N–H and O–H groups in total. The van der Waals surface area contributed by atoms with E-state index in [0.717, 1.165) is 0 Å². The first-order chi connectivity index (χ1) is 13.5. The Balaban J connectivity index is 1.95. The molecule has 3 aromatic rings. The van der Waals surface area contributed by atoms with Crippen molar-refractivity contribution in [3.63, 3.8) is 0 Å². The second-order valence-corrected chi connectivity index (χ2v) is 7.73. The molecule has 0 aliphatic carbocycles. The van der Waals surface area contributed by atoms with Crippen LogP contribution in [0.3, 0.4) is 0 Å². The van der Waals surface area contributed by atoms with Crippen LogP contribution >= 0.6 is 0 Å². The highest BCUT2D eigenvalue weighted by molar-refractivity contribution is 7.85. The van der Waals surface area contributed by atoms with Crippen molar-refractivity contribution in [3.05, 3.63) is 107 Å². The minimum absolute atomic E-state index is 0.253. The molecule has 5 nitrogen and oxygen atoms in total. The van der Waals surface area contributed by atoms with E-state index in [1.807, 2.05) is 18.2 Å². The van der Waals surface area contributed by atoms with Gasteiger partial charge < -0.3 is 0 Å². The molecule has 0 saturated carbocycles. The Morgan fingerprint density at radius 1 is 0.750 bits per heavy atom. The third-order valence-electron chi connectivity index (χ3n) is 4.11. The summed E-state index contributed by atoms with van der Waals surface area (Å²) in [7, 11) is -3.89. The largest absolute Gasteiger partial charge is 0.272 e. The average Bonchev–Trinajstić information content (AvgIpc) is 2.73. The molecule has 0 atom stereocenters. The van der Waals surface area contributed by atoms with Gasteiger partial charge in [-0.05, 0) is 41.0 Å². The Kier molecular flexibility index (Phi) is 5.86. The van der Waals surface area contributed by atoms with Crippen molar-refractivity contribution in [2.24, 2.45) is 0 Å². The first-order valence-electron chi connectivity index (χ1n) is 8.46. The Morgan fingerprint density at radius 2 is 1.21 bits per heavy atom. The maximum absolute atomic E-state index is 12.7. The molecule has 0 aromatic heterocycles. The van der Waals surface area contributed by atoms with Crippen molar-refractivity contribution in [2.45, 2.75) is 11.9 Å². The zero-order chi connectivity index (χ0) is 20.0. The molecule has 0 fully saturated rings. The highest BCUT2D eigenvalue weighted by Crippen LogP contribution is 2.29. The van der Waals surface area contributed by atoms with Gasteiger partial charge >= 0.3 is 0 Å². The first-order valence-corrected chi connectivity index (χ1v) is 10.0. The fourth-order valence-electron chi connectivity index (χ4n) is 2.73. The van der Waals surface area contributed by atoms with Crippen molar-refractivity contribution in [2.75, 3.05) is 0 Å². The predicted molar refractivity (Wildman–Crippen MR) is 104 cm³/mol. The number of rotatable bonds is 6. The van der Waals surface area contributed by atoms with E-state index in [0.29, 0.717) is 27.8 Å². The van der Waals surface area contributed by atoms with E-state index in [1.54, 1.807) is 72.8 Å².